The lowest BCUT2D eigenvalue weighted by molar-refractivity contribution is -0.125. The molecule has 0 radical (unpaired) electrons. The fourth-order valence-electron chi connectivity index (χ4n) is 1.25. The maximum absolute atomic E-state index is 11.7. The lowest BCUT2D eigenvalue weighted by atomic mass is 10.2. The summed E-state index contributed by atoms with van der Waals surface area (Å²) in [4.78, 5) is 11.7. The third-order valence-electron chi connectivity index (χ3n) is 2.15. The highest BCUT2D eigenvalue weighted by atomic mass is 79.9. The maximum Gasteiger partial charge on any atom is 0.243 e. The van der Waals surface area contributed by atoms with Gasteiger partial charge in [-0.2, -0.15) is 5.10 Å². The average Bonchev–Trinajstić information content (AvgIpc) is 2.72. The summed E-state index contributed by atoms with van der Waals surface area (Å²) in [6.07, 6.45) is 3.50. The Morgan fingerprint density at radius 3 is 2.89 bits per heavy atom. The van der Waals surface area contributed by atoms with Gasteiger partial charge in [0.05, 0.1) is 23.1 Å². The van der Waals surface area contributed by atoms with Crippen LogP contribution in [0.1, 0.15) is 13.8 Å². The zero-order chi connectivity index (χ0) is 13.5. The minimum Gasteiger partial charge on any atom is -0.362 e. The van der Waals surface area contributed by atoms with Crippen LogP contribution in [0, 0.1) is 5.92 Å². The van der Waals surface area contributed by atoms with Crippen molar-refractivity contribution >= 4 is 39.2 Å². The first-order valence-electron chi connectivity index (χ1n) is 5.54. The van der Waals surface area contributed by atoms with Crippen molar-refractivity contribution < 1.29 is 4.79 Å². The zero-order valence-corrected chi connectivity index (χ0v) is 12.6. The summed E-state index contributed by atoms with van der Waals surface area (Å²) in [5.74, 6) is -0.351. The molecule has 100 valence electrons. The number of nitrogens with one attached hydrogen (secondary N) is 3. The summed E-state index contributed by atoms with van der Waals surface area (Å²) < 4.78 is 2.60. The van der Waals surface area contributed by atoms with Gasteiger partial charge >= 0.3 is 0 Å². The highest BCUT2D eigenvalue weighted by Gasteiger charge is 2.14. The van der Waals surface area contributed by atoms with E-state index in [-0.39, 0.29) is 11.8 Å². The molecule has 0 aliphatic heterocycles. The van der Waals surface area contributed by atoms with Crippen molar-refractivity contribution in [3.05, 3.63) is 16.9 Å². The lowest BCUT2D eigenvalue weighted by Crippen LogP contribution is -2.48. The first kappa shape index (κ1) is 14.9. The molecule has 8 heteroatoms. The third kappa shape index (κ3) is 5.01. The minimum atomic E-state index is -0.214. The predicted molar refractivity (Wildman–Crippen MR) is 76.6 cm³/mol. The van der Waals surface area contributed by atoms with Crippen LogP contribution < -0.4 is 16.2 Å². The van der Waals surface area contributed by atoms with E-state index in [0.29, 0.717) is 18.2 Å². The Hall–Kier alpha value is -1.15. The van der Waals surface area contributed by atoms with Gasteiger partial charge in [0.25, 0.3) is 0 Å². The van der Waals surface area contributed by atoms with Crippen LogP contribution in [-0.4, -0.2) is 27.3 Å². The van der Waals surface area contributed by atoms with E-state index in [1.165, 1.54) is 0 Å². The summed E-state index contributed by atoms with van der Waals surface area (Å²) in [5, 5.41) is 7.37. The van der Waals surface area contributed by atoms with Crippen molar-refractivity contribution in [1.82, 2.24) is 25.9 Å². The summed E-state index contributed by atoms with van der Waals surface area (Å²) in [5.41, 5.74) is 5.19. The largest absolute Gasteiger partial charge is 0.362 e. The summed E-state index contributed by atoms with van der Waals surface area (Å²) in [7, 11) is 0. The average molecular weight is 334 g/mol. The number of carbonyl (C=O) groups excluding carboxylic acids is 1. The lowest BCUT2D eigenvalue weighted by Gasteiger charge is -2.14. The SMILES string of the molecule is CCNC(=S)NNC(=O)[C@@H](C)Cn1cc(Br)cn1. The monoisotopic (exact) mass is 333 g/mol. The number of nitrogens with zero attached hydrogens (tertiary/aromatic N) is 2. The Balaban J connectivity index is 2.35. The Morgan fingerprint density at radius 1 is 1.61 bits per heavy atom. The van der Waals surface area contributed by atoms with Crippen LogP contribution >= 0.6 is 28.1 Å². The first-order chi connectivity index (χ1) is 8.52. The molecule has 0 aliphatic rings. The zero-order valence-electron chi connectivity index (χ0n) is 10.2. The molecule has 0 fully saturated rings. The van der Waals surface area contributed by atoms with Gasteiger partial charge in [-0.05, 0) is 35.1 Å². The van der Waals surface area contributed by atoms with Crippen molar-refractivity contribution in [2.24, 2.45) is 5.92 Å². The summed E-state index contributed by atoms with van der Waals surface area (Å²) in [6.45, 7) is 4.96. The van der Waals surface area contributed by atoms with Crippen LogP contribution in [0.25, 0.3) is 0 Å². The number of amides is 1. The van der Waals surface area contributed by atoms with E-state index >= 15 is 0 Å². The molecule has 1 rings (SSSR count). The molecule has 1 aromatic heterocycles. The van der Waals surface area contributed by atoms with Crippen LogP contribution in [0.5, 0.6) is 0 Å². The molecule has 1 heterocycles. The number of hydrogen-bond acceptors (Lipinski definition) is 3. The molecule has 1 amide bonds. The molecule has 0 saturated heterocycles. The van der Waals surface area contributed by atoms with Crippen molar-refractivity contribution in [2.45, 2.75) is 20.4 Å². The number of halogens is 1. The predicted octanol–water partition coefficient (Wildman–Crippen LogP) is 0.797. The minimum absolute atomic E-state index is 0.137. The molecule has 6 nitrogen and oxygen atoms in total. The number of carbonyl (C=O) groups is 1. The smallest absolute Gasteiger partial charge is 0.243 e. The molecule has 0 spiro atoms. The second-order valence-corrected chi connectivity index (χ2v) is 5.08. The van der Waals surface area contributed by atoms with E-state index in [9.17, 15) is 4.79 Å². The van der Waals surface area contributed by atoms with Crippen LogP contribution in [0.2, 0.25) is 0 Å². The molecule has 0 unspecified atom stereocenters. The second kappa shape index (κ2) is 7.32. The van der Waals surface area contributed by atoms with Gasteiger partial charge in [-0.15, -0.1) is 0 Å². The van der Waals surface area contributed by atoms with Crippen molar-refractivity contribution in [3.63, 3.8) is 0 Å². The number of rotatable bonds is 4. The van der Waals surface area contributed by atoms with Crippen molar-refractivity contribution in [1.29, 1.82) is 0 Å². The molecule has 1 aromatic rings. The molecular weight excluding hydrogens is 318 g/mol. The van der Waals surface area contributed by atoms with E-state index in [0.717, 1.165) is 4.47 Å². The van der Waals surface area contributed by atoms with E-state index in [1.54, 1.807) is 10.9 Å². The normalized spacial score (nSPS) is 11.7. The number of aromatic nitrogens is 2. The van der Waals surface area contributed by atoms with Crippen molar-refractivity contribution in [2.75, 3.05) is 6.54 Å². The Labute approximate surface area is 120 Å². The van der Waals surface area contributed by atoms with Gasteiger partial charge in [0, 0.05) is 12.7 Å². The van der Waals surface area contributed by atoms with Gasteiger partial charge in [-0.3, -0.25) is 20.3 Å². The van der Waals surface area contributed by atoms with Crippen LogP contribution in [0.3, 0.4) is 0 Å². The molecule has 0 bridgehead atoms. The molecule has 0 saturated carbocycles. The quantitative estimate of drug-likeness (QED) is 0.561. The Morgan fingerprint density at radius 2 is 2.33 bits per heavy atom. The Bertz CT molecular complexity index is 422. The molecular formula is C10H16BrN5OS. The van der Waals surface area contributed by atoms with Crippen LogP contribution in [0.15, 0.2) is 16.9 Å². The van der Waals surface area contributed by atoms with Crippen LogP contribution in [0.4, 0.5) is 0 Å². The standard InChI is InChI=1S/C10H16BrN5OS/c1-3-12-10(18)15-14-9(17)7(2)5-16-6-8(11)4-13-16/h4,6-7H,3,5H2,1-2H3,(H,14,17)(H2,12,15,18)/t7-/m0/s1. The molecule has 18 heavy (non-hydrogen) atoms. The molecule has 3 N–H and O–H groups in total. The fourth-order valence-corrected chi connectivity index (χ4v) is 1.77. The fraction of sp³-hybridized carbons (Fsp3) is 0.500. The molecule has 1 atom stereocenters. The van der Waals surface area contributed by atoms with Gasteiger partial charge in [0.2, 0.25) is 5.91 Å². The number of hydrazine groups is 1. The summed E-state index contributed by atoms with van der Waals surface area (Å²) >= 11 is 8.24. The van der Waals surface area contributed by atoms with Gasteiger partial charge in [-0.25, -0.2) is 0 Å². The van der Waals surface area contributed by atoms with Gasteiger partial charge in [-0.1, -0.05) is 6.92 Å². The van der Waals surface area contributed by atoms with E-state index < -0.39 is 0 Å². The van der Waals surface area contributed by atoms with E-state index in [4.69, 9.17) is 12.2 Å². The maximum atomic E-state index is 11.7. The van der Waals surface area contributed by atoms with E-state index in [1.807, 2.05) is 20.0 Å². The number of hydrogen-bond donors (Lipinski definition) is 3. The van der Waals surface area contributed by atoms with E-state index in [2.05, 4.69) is 37.2 Å². The number of thiocarbonyl (C=S) groups is 1. The topological polar surface area (TPSA) is 71.0 Å². The summed E-state index contributed by atoms with van der Waals surface area (Å²) in [6, 6.07) is 0. The highest BCUT2D eigenvalue weighted by Crippen LogP contribution is 2.08. The second-order valence-electron chi connectivity index (χ2n) is 3.76. The van der Waals surface area contributed by atoms with Gasteiger partial charge in [0.1, 0.15) is 0 Å². The van der Waals surface area contributed by atoms with Gasteiger partial charge < -0.3 is 5.32 Å². The first-order valence-corrected chi connectivity index (χ1v) is 6.74. The third-order valence-corrected chi connectivity index (χ3v) is 2.80. The molecule has 0 aromatic carbocycles. The molecule has 0 aliphatic carbocycles. The van der Waals surface area contributed by atoms with Gasteiger partial charge in [0.15, 0.2) is 5.11 Å². The highest BCUT2D eigenvalue weighted by molar-refractivity contribution is 9.10. The van der Waals surface area contributed by atoms with Crippen molar-refractivity contribution in [3.8, 4) is 0 Å². The Kier molecular flexibility index (Phi) is 6.06. The van der Waals surface area contributed by atoms with Crippen LogP contribution in [-0.2, 0) is 11.3 Å².